The van der Waals surface area contributed by atoms with Gasteiger partial charge in [-0.05, 0) is 18.2 Å². The first-order chi connectivity index (χ1) is 12.9. The van der Waals surface area contributed by atoms with Crippen molar-refractivity contribution in [2.45, 2.75) is 24.9 Å². The Morgan fingerprint density at radius 3 is 2.78 bits per heavy atom. The van der Waals surface area contributed by atoms with E-state index in [1.54, 1.807) is 24.4 Å². The molecular formula is C18H19ClF2N4O2. The summed E-state index contributed by atoms with van der Waals surface area (Å²) in [5.41, 5.74) is 1.41. The summed E-state index contributed by atoms with van der Waals surface area (Å²) in [6.07, 6.45) is 0.363. The number of likely N-dealkylation sites (tertiary alicyclic amines) is 1. The normalized spacial score (nSPS) is 22.9. The highest BCUT2D eigenvalue weighted by atomic mass is 35.5. The van der Waals surface area contributed by atoms with E-state index in [1.807, 2.05) is 4.90 Å². The lowest BCUT2D eigenvalue weighted by Crippen LogP contribution is -2.53. The number of aromatic nitrogens is 2. The molecule has 1 unspecified atom stereocenters. The van der Waals surface area contributed by atoms with Crippen molar-refractivity contribution < 1.29 is 18.3 Å². The Balaban J connectivity index is 1.46. The van der Waals surface area contributed by atoms with Crippen LogP contribution in [0.5, 0.6) is 0 Å². The summed E-state index contributed by atoms with van der Waals surface area (Å²) >= 11 is 5.97. The number of amides is 1. The fourth-order valence-corrected chi connectivity index (χ4v) is 3.56. The van der Waals surface area contributed by atoms with Gasteiger partial charge in [0.2, 0.25) is 0 Å². The second-order valence-corrected chi connectivity index (χ2v) is 7.28. The fraction of sp³-hybridized carbons (Fsp3) is 0.500. The maximum Gasteiger partial charge on any atom is 0.253 e. The SMILES string of the molecule is O=C(C1CN(c2cnc3cc(Cl)ccc3n2)CCO1)N1CCC(F)(F)CC1. The summed E-state index contributed by atoms with van der Waals surface area (Å²) in [7, 11) is 0. The predicted octanol–water partition coefficient (Wildman–Crippen LogP) is 2.75. The van der Waals surface area contributed by atoms with Gasteiger partial charge in [0.15, 0.2) is 6.10 Å². The Labute approximate surface area is 160 Å². The molecule has 0 N–H and O–H groups in total. The summed E-state index contributed by atoms with van der Waals surface area (Å²) in [4.78, 5) is 25.1. The highest BCUT2D eigenvalue weighted by Gasteiger charge is 2.38. The van der Waals surface area contributed by atoms with Gasteiger partial charge < -0.3 is 14.5 Å². The molecule has 2 aliphatic heterocycles. The number of nitrogens with zero attached hydrogens (tertiary/aromatic N) is 4. The Morgan fingerprint density at radius 2 is 2.00 bits per heavy atom. The van der Waals surface area contributed by atoms with Gasteiger partial charge in [0.05, 0.1) is 30.4 Å². The van der Waals surface area contributed by atoms with Crippen LogP contribution in [-0.4, -0.2) is 65.6 Å². The van der Waals surface area contributed by atoms with Gasteiger partial charge in [-0.2, -0.15) is 0 Å². The van der Waals surface area contributed by atoms with E-state index in [4.69, 9.17) is 16.3 Å². The molecule has 4 rings (SSSR count). The van der Waals surface area contributed by atoms with Crippen molar-refractivity contribution in [3.8, 4) is 0 Å². The number of carbonyl (C=O) groups is 1. The number of morpholine rings is 1. The molecule has 6 nitrogen and oxygen atoms in total. The van der Waals surface area contributed by atoms with Crippen molar-refractivity contribution in [2.75, 3.05) is 37.7 Å². The van der Waals surface area contributed by atoms with Crippen LogP contribution in [0.1, 0.15) is 12.8 Å². The van der Waals surface area contributed by atoms with E-state index in [1.165, 1.54) is 4.90 Å². The van der Waals surface area contributed by atoms with Crippen molar-refractivity contribution in [1.29, 1.82) is 0 Å². The van der Waals surface area contributed by atoms with Crippen molar-refractivity contribution in [2.24, 2.45) is 0 Å². The molecule has 0 spiro atoms. The van der Waals surface area contributed by atoms with Crippen LogP contribution in [0.2, 0.25) is 5.02 Å². The molecule has 1 amide bonds. The van der Waals surface area contributed by atoms with Crippen LogP contribution >= 0.6 is 11.6 Å². The zero-order chi connectivity index (χ0) is 19.0. The summed E-state index contributed by atoms with van der Waals surface area (Å²) in [5, 5.41) is 0.591. The van der Waals surface area contributed by atoms with Gasteiger partial charge in [-0.3, -0.25) is 9.78 Å². The monoisotopic (exact) mass is 396 g/mol. The van der Waals surface area contributed by atoms with E-state index in [-0.39, 0.29) is 31.8 Å². The molecule has 2 saturated heterocycles. The number of rotatable bonds is 2. The standard InChI is InChI=1S/C18H19ClF2N4O2/c19-12-1-2-13-14(9-12)22-10-16(23-13)25-7-8-27-15(11-25)17(26)24-5-3-18(20,21)4-6-24/h1-2,9-10,15H,3-8,11H2. The minimum Gasteiger partial charge on any atom is -0.365 e. The number of ether oxygens (including phenoxy) is 1. The minimum absolute atomic E-state index is 0.0578. The van der Waals surface area contributed by atoms with Gasteiger partial charge in [0.1, 0.15) is 5.82 Å². The van der Waals surface area contributed by atoms with E-state index >= 15 is 0 Å². The molecule has 2 aromatic rings. The molecule has 144 valence electrons. The van der Waals surface area contributed by atoms with Crippen LogP contribution in [0, 0.1) is 0 Å². The number of carbonyl (C=O) groups excluding carboxylic acids is 1. The van der Waals surface area contributed by atoms with Gasteiger partial charge in [-0.25, -0.2) is 13.8 Å². The Kier molecular flexibility index (Phi) is 4.86. The van der Waals surface area contributed by atoms with Gasteiger partial charge in [0.25, 0.3) is 11.8 Å². The summed E-state index contributed by atoms with van der Waals surface area (Å²) in [5.74, 6) is -2.27. The zero-order valence-electron chi connectivity index (χ0n) is 14.6. The maximum atomic E-state index is 13.3. The molecule has 27 heavy (non-hydrogen) atoms. The zero-order valence-corrected chi connectivity index (χ0v) is 15.3. The fourth-order valence-electron chi connectivity index (χ4n) is 3.39. The number of anilines is 1. The van der Waals surface area contributed by atoms with Crippen LogP contribution in [0.15, 0.2) is 24.4 Å². The molecule has 1 aromatic heterocycles. The summed E-state index contributed by atoms with van der Waals surface area (Å²) < 4.78 is 32.3. The number of hydrogen-bond acceptors (Lipinski definition) is 5. The Hall–Kier alpha value is -2.06. The molecule has 2 fully saturated rings. The smallest absolute Gasteiger partial charge is 0.253 e. The average molecular weight is 397 g/mol. The molecule has 9 heteroatoms. The van der Waals surface area contributed by atoms with Gasteiger partial charge in [-0.15, -0.1) is 0 Å². The lowest BCUT2D eigenvalue weighted by Gasteiger charge is -2.37. The van der Waals surface area contributed by atoms with Crippen LogP contribution in [0.25, 0.3) is 11.0 Å². The molecule has 0 aliphatic carbocycles. The van der Waals surface area contributed by atoms with Gasteiger partial charge in [-0.1, -0.05) is 11.6 Å². The third-order valence-corrected chi connectivity index (χ3v) is 5.20. The van der Waals surface area contributed by atoms with E-state index < -0.39 is 12.0 Å². The number of fused-ring (bicyclic) bond motifs is 1. The number of hydrogen-bond donors (Lipinski definition) is 0. The van der Waals surface area contributed by atoms with E-state index in [2.05, 4.69) is 9.97 Å². The number of halogens is 3. The first kappa shape index (κ1) is 18.3. The lowest BCUT2D eigenvalue weighted by atomic mass is 10.1. The van der Waals surface area contributed by atoms with E-state index in [0.29, 0.717) is 41.6 Å². The van der Waals surface area contributed by atoms with Crippen molar-refractivity contribution in [3.05, 3.63) is 29.4 Å². The third kappa shape index (κ3) is 3.96. The highest BCUT2D eigenvalue weighted by molar-refractivity contribution is 6.31. The first-order valence-electron chi connectivity index (χ1n) is 8.87. The van der Waals surface area contributed by atoms with Crippen LogP contribution < -0.4 is 4.90 Å². The van der Waals surface area contributed by atoms with Gasteiger partial charge >= 0.3 is 0 Å². The summed E-state index contributed by atoms with van der Waals surface area (Å²) in [6, 6.07) is 5.29. The maximum absolute atomic E-state index is 13.3. The van der Waals surface area contributed by atoms with E-state index in [0.717, 1.165) is 0 Å². The van der Waals surface area contributed by atoms with Crippen molar-refractivity contribution in [3.63, 3.8) is 0 Å². The number of alkyl halides is 2. The highest BCUT2D eigenvalue weighted by Crippen LogP contribution is 2.28. The molecule has 1 aromatic carbocycles. The lowest BCUT2D eigenvalue weighted by molar-refractivity contribution is -0.150. The molecule has 0 bridgehead atoms. The molecule has 2 aliphatic rings. The van der Waals surface area contributed by atoms with Crippen LogP contribution in [-0.2, 0) is 9.53 Å². The van der Waals surface area contributed by atoms with Crippen LogP contribution in [0.4, 0.5) is 14.6 Å². The first-order valence-corrected chi connectivity index (χ1v) is 9.25. The minimum atomic E-state index is -2.68. The summed E-state index contributed by atoms with van der Waals surface area (Å²) in [6.45, 7) is 1.38. The average Bonchev–Trinajstić information content (AvgIpc) is 2.67. The Bertz CT molecular complexity index is 856. The van der Waals surface area contributed by atoms with Crippen molar-refractivity contribution in [1.82, 2.24) is 14.9 Å². The van der Waals surface area contributed by atoms with E-state index in [9.17, 15) is 13.6 Å². The molecule has 0 radical (unpaired) electrons. The second-order valence-electron chi connectivity index (χ2n) is 6.85. The van der Waals surface area contributed by atoms with Crippen LogP contribution in [0.3, 0.4) is 0 Å². The predicted molar refractivity (Wildman–Crippen MR) is 97.3 cm³/mol. The number of benzene rings is 1. The third-order valence-electron chi connectivity index (χ3n) is 4.96. The molecule has 3 heterocycles. The number of piperidine rings is 1. The molecular weight excluding hydrogens is 378 g/mol. The van der Waals surface area contributed by atoms with Crippen molar-refractivity contribution >= 4 is 34.4 Å². The molecule has 0 saturated carbocycles. The van der Waals surface area contributed by atoms with Gasteiger partial charge in [0, 0.05) is 37.5 Å². The topological polar surface area (TPSA) is 58.6 Å². The largest absolute Gasteiger partial charge is 0.365 e. The molecule has 1 atom stereocenters. The quantitative estimate of drug-likeness (QED) is 0.781. The second kappa shape index (κ2) is 7.16. The Morgan fingerprint density at radius 1 is 1.22 bits per heavy atom.